The third-order valence-electron chi connectivity index (χ3n) is 3.94. The van der Waals surface area contributed by atoms with E-state index in [-0.39, 0.29) is 0 Å². The minimum absolute atomic E-state index is 0.510. The molecule has 1 atom stereocenters. The van der Waals surface area contributed by atoms with Gasteiger partial charge in [0.25, 0.3) is 0 Å². The van der Waals surface area contributed by atoms with Crippen LogP contribution in [0, 0.1) is 0 Å². The number of hydrogen-bond donors (Lipinski definition) is 3. The highest BCUT2D eigenvalue weighted by Gasteiger charge is 2.31. The predicted octanol–water partition coefficient (Wildman–Crippen LogP) is 1.12. The van der Waals surface area contributed by atoms with Crippen LogP contribution < -0.4 is 31.0 Å². The van der Waals surface area contributed by atoms with E-state index in [1.54, 1.807) is 45.8 Å². The van der Waals surface area contributed by atoms with E-state index >= 15 is 0 Å². The van der Waals surface area contributed by atoms with Crippen LogP contribution in [0.4, 0.5) is 0 Å². The lowest BCUT2D eigenvalue weighted by Crippen LogP contribution is -2.40. The van der Waals surface area contributed by atoms with Crippen LogP contribution >= 0.6 is 0 Å². The Morgan fingerprint density at radius 1 is 1.04 bits per heavy atom. The topological polar surface area (TPSA) is 104 Å². The summed E-state index contributed by atoms with van der Waals surface area (Å²) in [5.41, 5.74) is 13.7. The van der Waals surface area contributed by atoms with Crippen molar-refractivity contribution in [2.75, 3.05) is 21.3 Å². The van der Waals surface area contributed by atoms with E-state index in [0.29, 0.717) is 23.1 Å². The number of dihydropyridines is 2. The first-order valence-electron chi connectivity index (χ1n) is 7.33. The van der Waals surface area contributed by atoms with Crippen molar-refractivity contribution >= 4 is 6.21 Å². The van der Waals surface area contributed by atoms with Crippen molar-refractivity contribution in [3.05, 3.63) is 53.1 Å². The molecule has 7 heteroatoms. The molecule has 0 saturated carbocycles. The summed E-state index contributed by atoms with van der Waals surface area (Å²) < 4.78 is 16.1. The van der Waals surface area contributed by atoms with Crippen molar-refractivity contribution in [1.82, 2.24) is 5.32 Å². The highest BCUT2D eigenvalue weighted by molar-refractivity contribution is 5.81. The van der Waals surface area contributed by atoms with E-state index in [1.165, 1.54) is 0 Å². The molecule has 0 aromatic heterocycles. The second-order valence-corrected chi connectivity index (χ2v) is 5.46. The lowest BCUT2D eigenvalue weighted by molar-refractivity contribution is 0.323. The molecular formula is C17H20N4O3. The number of nitrogens with one attached hydrogen (secondary N) is 1. The summed E-state index contributed by atoms with van der Waals surface area (Å²) >= 11 is 0. The maximum atomic E-state index is 6.57. The van der Waals surface area contributed by atoms with Crippen molar-refractivity contribution in [2.24, 2.45) is 16.5 Å². The van der Waals surface area contributed by atoms with Crippen molar-refractivity contribution in [3.8, 4) is 17.2 Å². The minimum Gasteiger partial charge on any atom is -0.493 e. The van der Waals surface area contributed by atoms with Crippen LogP contribution in [0.3, 0.4) is 0 Å². The Labute approximate surface area is 140 Å². The fraction of sp³-hybridized carbons (Fsp3) is 0.235. The predicted molar refractivity (Wildman–Crippen MR) is 92.0 cm³/mol. The van der Waals surface area contributed by atoms with Crippen LogP contribution in [-0.4, -0.2) is 27.5 Å². The van der Waals surface area contributed by atoms with Gasteiger partial charge in [-0.15, -0.1) is 0 Å². The number of fused-ring (bicyclic) bond motifs is 1. The lowest BCUT2D eigenvalue weighted by atomic mass is 9.88. The molecule has 24 heavy (non-hydrogen) atoms. The maximum absolute atomic E-state index is 6.57. The first kappa shape index (κ1) is 15.9. The van der Waals surface area contributed by atoms with Crippen LogP contribution in [0.5, 0.6) is 17.2 Å². The normalized spacial score (nSPS) is 21.8. The molecule has 0 bridgehead atoms. The average Bonchev–Trinajstić information content (AvgIpc) is 2.59. The molecule has 2 aliphatic heterocycles. The number of allylic oxidation sites excluding steroid dienone is 2. The Hall–Kier alpha value is -2.93. The zero-order valence-corrected chi connectivity index (χ0v) is 13.8. The number of methoxy groups -OCH3 is 3. The van der Waals surface area contributed by atoms with Gasteiger partial charge in [-0.25, -0.2) is 0 Å². The van der Waals surface area contributed by atoms with Gasteiger partial charge in [0.1, 0.15) is 5.82 Å². The molecule has 5 N–H and O–H groups in total. The second-order valence-electron chi connectivity index (χ2n) is 5.46. The Kier molecular flexibility index (Phi) is 3.94. The first-order valence-corrected chi connectivity index (χ1v) is 7.33. The van der Waals surface area contributed by atoms with Gasteiger partial charge in [-0.2, -0.15) is 0 Å². The van der Waals surface area contributed by atoms with E-state index in [1.807, 2.05) is 12.2 Å². The summed E-state index contributed by atoms with van der Waals surface area (Å²) in [5.74, 6) is 2.10. The monoisotopic (exact) mass is 328 g/mol. The number of aliphatic imine (C=N–C) groups is 1. The van der Waals surface area contributed by atoms with Gasteiger partial charge in [-0.3, -0.25) is 4.99 Å². The smallest absolute Gasteiger partial charge is 0.203 e. The average molecular weight is 328 g/mol. The molecule has 0 fully saturated rings. The van der Waals surface area contributed by atoms with Crippen LogP contribution in [0.15, 0.2) is 52.6 Å². The molecule has 3 rings (SSSR count). The Bertz CT molecular complexity index is 770. The number of nitrogens with zero attached hydrogens (tertiary/aromatic N) is 1. The van der Waals surface area contributed by atoms with Crippen LogP contribution in [-0.2, 0) is 5.54 Å². The maximum Gasteiger partial charge on any atom is 0.203 e. The van der Waals surface area contributed by atoms with Gasteiger partial charge in [0.15, 0.2) is 11.5 Å². The zero-order valence-electron chi connectivity index (χ0n) is 13.8. The van der Waals surface area contributed by atoms with E-state index in [4.69, 9.17) is 25.7 Å². The fourth-order valence-electron chi connectivity index (χ4n) is 2.68. The molecule has 1 aromatic carbocycles. The van der Waals surface area contributed by atoms with E-state index in [0.717, 1.165) is 17.0 Å². The quantitative estimate of drug-likeness (QED) is 0.765. The summed E-state index contributed by atoms with van der Waals surface area (Å²) in [5, 5.41) is 3.07. The van der Waals surface area contributed by atoms with E-state index < -0.39 is 5.54 Å². The molecule has 1 unspecified atom stereocenters. The number of nitrogens with two attached hydrogens (primary N) is 2. The summed E-state index contributed by atoms with van der Waals surface area (Å²) in [6, 6.07) is 3.61. The Morgan fingerprint density at radius 3 is 2.29 bits per heavy atom. The molecule has 0 saturated heterocycles. The molecule has 2 heterocycles. The highest BCUT2D eigenvalue weighted by Crippen LogP contribution is 2.41. The van der Waals surface area contributed by atoms with Crippen molar-refractivity contribution in [2.45, 2.75) is 5.54 Å². The molecule has 0 aliphatic carbocycles. The molecule has 7 nitrogen and oxygen atoms in total. The number of hydrogen-bond acceptors (Lipinski definition) is 7. The fourth-order valence-corrected chi connectivity index (χ4v) is 2.68. The standard InChI is InChI=1S/C17H20N4O3/c1-22-13-6-10(7-14(23-2)16(13)24-3)17(19)8-12-11(20-9-17)4-5-15(18)21-12/h4-9,21H,18-19H2,1-3H3. The number of rotatable bonds is 4. The van der Waals surface area contributed by atoms with Gasteiger partial charge in [0.05, 0.1) is 38.3 Å². The van der Waals surface area contributed by atoms with Crippen molar-refractivity contribution in [3.63, 3.8) is 0 Å². The summed E-state index contributed by atoms with van der Waals surface area (Å²) in [4.78, 5) is 4.44. The van der Waals surface area contributed by atoms with Gasteiger partial charge in [-0.1, -0.05) is 0 Å². The van der Waals surface area contributed by atoms with Gasteiger partial charge >= 0.3 is 0 Å². The van der Waals surface area contributed by atoms with Gasteiger partial charge < -0.3 is 31.0 Å². The van der Waals surface area contributed by atoms with Crippen LogP contribution in [0.2, 0.25) is 0 Å². The third kappa shape index (κ3) is 2.59. The van der Waals surface area contributed by atoms with E-state index in [9.17, 15) is 0 Å². The van der Waals surface area contributed by atoms with Crippen molar-refractivity contribution < 1.29 is 14.2 Å². The van der Waals surface area contributed by atoms with Gasteiger partial charge in [0, 0.05) is 6.21 Å². The SMILES string of the molecule is COc1cc(C2(N)C=NC3=CC=C(N)NC3=C2)cc(OC)c1OC. The van der Waals surface area contributed by atoms with Gasteiger partial charge in [-0.05, 0) is 35.9 Å². The lowest BCUT2D eigenvalue weighted by Gasteiger charge is -2.30. The molecule has 1 aromatic rings. The van der Waals surface area contributed by atoms with E-state index in [2.05, 4.69) is 10.3 Å². The highest BCUT2D eigenvalue weighted by atomic mass is 16.5. The number of ether oxygens (including phenoxy) is 3. The zero-order chi connectivity index (χ0) is 17.3. The Balaban J connectivity index is 2.09. The number of benzene rings is 1. The molecule has 126 valence electrons. The minimum atomic E-state index is -0.940. The Morgan fingerprint density at radius 2 is 1.71 bits per heavy atom. The van der Waals surface area contributed by atoms with Gasteiger partial charge in [0.2, 0.25) is 5.75 Å². The second kappa shape index (κ2) is 5.93. The van der Waals surface area contributed by atoms with Crippen molar-refractivity contribution in [1.29, 1.82) is 0 Å². The third-order valence-corrected chi connectivity index (χ3v) is 3.94. The molecule has 2 aliphatic rings. The summed E-state index contributed by atoms with van der Waals surface area (Å²) in [7, 11) is 4.68. The van der Waals surface area contributed by atoms with Crippen LogP contribution in [0.25, 0.3) is 0 Å². The van der Waals surface area contributed by atoms with Crippen LogP contribution in [0.1, 0.15) is 5.56 Å². The summed E-state index contributed by atoms with van der Waals surface area (Å²) in [6.45, 7) is 0. The molecule has 0 amide bonds. The molecule has 0 spiro atoms. The summed E-state index contributed by atoms with van der Waals surface area (Å²) in [6.07, 6.45) is 7.14. The largest absolute Gasteiger partial charge is 0.493 e. The molecular weight excluding hydrogens is 308 g/mol. The first-order chi connectivity index (χ1) is 11.5. The molecule has 0 radical (unpaired) electrons.